The number of rotatable bonds is 3. The second kappa shape index (κ2) is 5.22. The van der Waals surface area contributed by atoms with Crippen molar-refractivity contribution in [2.24, 2.45) is 0 Å². The summed E-state index contributed by atoms with van der Waals surface area (Å²) in [6.07, 6.45) is 8.07. The smallest absolute Gasteiger partial charge is 0.212 e. The third-order valence-electron chi connectivity index (χ3n) is 1.08. The van der Waals surface area contributed by atoms with Crippen LogP contribution in [0.2, 0.25) is 0 Å². The van der Waals surface area contributed by atoms with Gasteiger partial charge in [0, 0.05) is 0 Å². The number of hydrogen-bond acceptors (Lipinski definition) is 2. The van der Waals surface area contributed by atoms with Crippen LogP contribution in [0, 0.1) is 0 Å². The molecule has 0 saturated carbocycles. The van der Waals surface area contributed by atoms with Crippen LogP contribution < -0.4 is 0 Å². The molecular formula is C8H12O2S2. The highest BCUT2D eigenvalue weighted by molar-refractivity contribution is 8.65. The van der Waals surface area contributed by atoms with Gasteiger partial charge in [-0.25, -0.2) is 8.42 Å². The molecule has 0 radical (unpaired) electrons. The number of hydrogen-bond donors (Lipinski definition) is 1. The summed E-state index contributed by atoms with van der Waals surface area (Å²) in [5, 5.41) is 0. The van der Waals surface area contributed by atoms with Gasteiger partial charge in [0.15, 0.2) is 0 Å². The summed E-state index contributed by atoms with van der Waals surface area (Å²) in [4.78, 5) is 0.200. The molecule has 4 heteroatoms. The van der Waals surface area contributed by atoms with E-state index in [1.807, 2.05) is 6.92 Å². The minimum absolute atomic E-state index is 0.200. The number of thiol groups is 1. The van der Waals surface area contributed by atoms with Crippen LogP contribution in [0.1, 0.15) is 13.8 Å². The Bertz CT molecular complexity index is 308. The van der Waals surface area contributed by atoms with Crippen molar-refractivity contribution in [3.63, 3.8) is 0 Å². The van der Waals surface area contributed by atoms with Crippen LogP contribution in [0.15, 0.2) is 35.3 Å². The fourth-order valence-electron chi connectivity index (χ4n) is 0.583. The van der Waals surface area contributed by atoms with Gasteiger partial charge in [0.25, 0.3) is 0 Å². The molecule has 0 aliphatic carbocycles. The van der Waals surface area contributed by atoms with Gasteiger partial charge in [0.05, 0.1) is 4.91 Å². The molecule has 0 spiro atoms. The van der Waals surface area contributed by atoms with Gasteiger partial charge in [-0.15, -0.1) is 0 Å². The van der Waals surface area contributed by atoms with Crippen molar-refractivity contribution in [1.29, 1.82) is 0 Å². The molecule has 0 aliphatic heterocycles. The van der Waals surface area contributed by atoms with Crippen molar-refractivity contribution in [1.82, 2.24) is 0 Å². The maximum absolute atomic E-state index is 10.9. The summed E-state index contributed by atoms with van der Waals surface area (Å²) in [6, 6.07) is 0. The van der Waals surface area contributed by atoms with Crippen molar-refractivity contribution < 1.29 is 8.42 Å². The van der Waals surface area contributed by atoms with E-state index >= 15 is 0 Å². The second-order valence-electron chi connectivity index (χ2n) is 2.07. The van der Waals surface area contributed by atoms with E-state index in [1.54, 1.807) is 25.2 Å². The summed E-state index contributed by atoms with van der Waals surface area (Å²) in [5.74, 6) is 0. The molecular weight excluding hydrogens is 192 g/mol. The van der Waals surface area contributed by atoms with Gasteiger partial charge in [-0.05, 0) is 37.7 Å². The van der Waals surface area contributed by atoms with Crippen LogP contribution in [0.5, 0.6) is 0 Å². The van der Waals surface area contributed by atoms with Crippen LogP contribution >= 0.6 is 11.7 Å². The van der Waals surface area contributed by atoms with E-state index in [0.717, 1.165) is 0 Å². The third kappa shape index (κ3) is 4.41. The minimum Gasteiger partial charge on any atom is -0.212 e. The summed E-state index contributed by atoms with van der Waals surface area (Å²) in [7, 11) is -3.38. The predicted octanol–water partition coefficient (Wildman–Crippen LogP) is 2.28. The Kier molecular flexibility index (Phi) is 5.01. The normalized spacial score (nSPS) is 14.8. The second-order valence-corrected chi connectivity index (χ2v) is 4.93. The Morgan fingerprint density at radius 1 is 1.25 bits per heavy atom. The van der Waals surface area contributed by atoms with Crippen molar-refractivity contribution in [3.8, 4) is 0 Å². The zero-order chi connectivity index (χ0) is 9.61. The van der Waals surface area contributed by atoms with Crippen LogP contribution in [0.3, 0.4) is 0 Å². The molecule has 68 valence electrons. The molecule has 0 aliphatic rings. The molecule has 0 aromatic rings. The van der Waals surface area contributed by atoms with Gasteiger partial charge in [-0.2, -0.15) is 0 Å². The van der Waals surface area contributed by atoms with E-state index in [9.17, 15) is 8.42 Å². The summed E-state index contributed by atoms with van der Waals surface area (Å²) in [5.41, 5.74) is 0. The Morgan fingerprint density at radius 3 is 2.17 bits per heavy atom. The Labute approximate surface area is 78.4 Å². The quantitative estimate of drug-likeness (QED) is 0.435. The predicted molar refractivity (Wildman–Crippen MR) is 55.6 cm³/mol. The average molecular weight is 204 g/mol. The maximum Gasteiger partial charge on any atom is 0.227 e. The molecule has 0 aromatic carbocycles. The van der Waals surface area contributed by atoms with Gasteiger partial charge in [-0.1, -0.05) is 18.2 Å². The molecule has 0 bridgehead atoms. The van der Waals surface area contributed by atoms with E-state index in [0.29, 0.717) is 0 Å². The highest BCUT2D eigenvalue weighted by atomic mass is 33.1. The first-order chi connectivity index (χ1) is 5.52. The summed E-state index contributed by atoms with van der Waals surface area (Å²) < 4.78 is 21.9. The fraction of sp³-hybridized carbons (Fsp3) is 0.250. The lowest BCUT2D eigenvalue weighted by Crippen LogP contribution is -1.90. The van der Waals surface area contributed by atoms with Gasteiger partial charge >= 0.3 is 0 Å². The monoisotopic (exact) mass is 204 g/mol. The van der Waals surface area contributed by atoms with Gasteiger partial charge in [0.1, 0.15) is 0 Å². The minimum atomic E-state index is -3.38. The van der Waals surface area contributed by atoms with Crippen molar-refractivity contribution in [2.45, 2.75) is 13.8 Å². The zero-order valence-electron chi connectivity index (χ0n) is 7.06. The molecule has 0 atom stereocenters. The molecule has 2 nitrogen and oxygen atoms in total. The standard InChI is InChI=1S/C8H12O2S2/c1-3-5-7-8(6-4-2)12(9,10)11/h3-7H,1-2H3,(H,9,10,11)/b5-3-,6-4-,8-7+. The van der Waals surface area contributed by atoms with Gasteiger partial charge in [-0.3, -0.25) is 0 Å². The Balaban J connectivity index is 4.93. The molecule has 0 heterocycles. The van der Waals surface area contributed by atoms with Gasteiger partial charge < -0.3 is 0 Å². The SMILES string of the molecule is C\C=C/C=C(\C=C/C)S(=O)(=O)S. The molecule has 0 amide bonds. The van der Waals surface area contributed by atoms with Crippen molar-refractivity contribution in [3.05, 3.63) is 35.3 Å². The molecule has 0 fully saturated rings. The summed E-state index contributed by atoms with van der Waals surface area (Å²) in [6.45, 7) is 3.57. The topological polar surface area (TPSA) is 34.1 Å². The highest BCUT2D eigenvalue weighted by Gasteiger charge is 2.06. The summed E-state index contributed by atoms with van der Waals surface area (Å²) >= 11 is 3.48. The third-order valence-corrected chi connectivity index (χ3v) is 2.58. The zero-order valence-corrected chi connectivity index (χ0v) is 8.77. The van der Waals surface area contributed by atoms with Crippen LogP contribution in [-0.4, -0.2) is 8.42 Å². The fourth-order valence-corrected chi connectivity index (χ4v) is 1.51. The first-order valence-electron chi connectivity index (χ1n) is 3.45. The number of allylic oxidation sites excluding steroid dienone is 5. The van der Waals surface area contributed by atoms with E-state index < -0.39 is 8.87 Å². The Hall–Kier alpha value is -0.480. The molecule has 0 saturated heterocycles. The van der Waals surface area contributed by atoms with E-state index in [1.165, 1.54) is 12.2 Å². The molecule has 0 N–H and O–H groups in total. The molecule has 12 heavy (non-hydrogen) atoms. The molecule has 0 rings (SSSR count). The van der Waals surface area contributed by atoms with Crippen molar-refractivity contribution in [2.75, 3.05) is 0 Å². The van der Waals surface area contributed by atoms with E-state index in [4.69, 9.17) is 0 Å². The lowest BCUT2D eigenvalue weighted by molar-refractivity contribution is 0.617. The Morgan fingerprint density at radius 2 is 1.83 bits per heavy atom. The lowest BCUT2D eigenvalue weighted by Gasteiger charge is -1.94. The van der Waals surface area contributed by atoms with Crippen LogP contribution in [0.4, 0.5) is 0 Å². The van der Waals surface area contributed by atoms with Crippen LogP contribution in [-0.2, 0) is 8.87 Å². The molecule has 0 unspecified atom stereocenters. The molecule has 0 aromatic heterocycles. The first kappa shape index (κ1) is 11.5. The van der Waals surface area contributed by atoms with E-state index in [2.05, 4.69) is 11.7 Å². The van der Waals surface area contributed by atoms with Crippen LogP contribution in [0.25, 0.3) is 0 Å². The lowest BCUT2D eigenvalue weighted by atomic mass is 10.4. The van der Waals surface area contributed by atoms with Crippen molar-refractivity contribution >= 4 is 20.5 Å². The first-order valence-corrected chi connectivity index (χ1v) is 5.99. The van der Waals surface area contributed by atoms with Gasteiger partial charge in [0.2, 0.25) is 8.87 Å². The average Bonchev–Trinajstić information content (AvgIpc) is 1.95. The van der Waals surface area contributed by atoms with E-state index in [-0.39, 0.29) is 4.91 Å². The largest absolute Gasteiger partial charge is 0.227 e. The maximum atomic E-state index is 10.9. The highest BCUT2D eigenvalue weighted by Crippen LogP contribution is 2.12.